The predicted octanol–water partition coefficient (Wildman–Crippen LogP) is 5.37. The Morgan fingerprint density at radius 3 is 2.38 bits per heavy atom. The molecule has 8 nitrogen and oxygen atoms in total. The van der Waals surface area contributed by atoms with Crippen molar-refractivity contribution in [2.45, 2.75) is 51.0 Å². The van der Waals surface area contributed by atoms with Gasteiger partial charge in [-0.2, -0.15) is 0 Å². The lowest BCUT2D eigenvalue weighted by atomic mass is 9.53. The van der Waals surface area contributed by atoms with Gasteiger partial charge in [0.25, 0.3) is 0 Å². The molecule has 0 aliphatic heterocycles. The highest BCUT2D eigenvalue weighted by atomic mass is 16.6. The summed E-state index contributed by atoms with van der Waals surface area (Å²) in [5, 5.41) is 19.9. The van der Waals surface area contributed by atoms with Crippen LogP contribution in [0.4, 0.5) is 23.0 Å². The van der Waals surface area contributed by atoms with Crippen LogP contribution in [0.1, 0.15) is 44.2 Å². The largest absolute Gasteiger partial charge is 0.359 e. The second kappa shape index (κ2) is 7.12. The van der Waals surface area contributed by atoms with Crippen molar-refractivity contribution in [3.8, 4) is 0 Å². The first-order chi connectivity index (χ1) is 15.5. The summed E-state index contributed by atoms with van der Waals surface area (Å²) in [4.78, 5) is 25.0. The standard InChI is InChI=1S/C24H26N6O2/c1-14-5-6-18-3-2-4-19(20(18)27-14)28-22-21(30(31)32)23(26-13-25-22)29-24-10-15-7-16(11-24)9-17(8-15)12-24/h2-6,13,15-17H,7-12H2,1H3,(H2,25,26,28,29). The van der Waals surface area contributed by atoms with Crippen LogP contribution in [-0.2, 0) is 0 Å². The molecule has 4 fully saturated rings. The minimum absolute atomic E-state index is 0.0801. The number of rotatable bonds is 5. The van der Waals surface area contributed by atoms with Gasteiger partial charge in [0.2, 0.25) is 11.6 Å². The molecule has 4 aliphatic carbocycles. The molecule has 2 N–H and O–H groups in total. The molecule has 2 heterocycles. The van der Waals surface area contributed by atoms with E-state index in [1.807, 2.05) is 37.3 Å². The van der Waals surface area contributed by atoms with Crippen molar-refractivity contribution >= 4 is 33.9 Å². The van der Waals surface area contributed by atoms with E-state index in [0.717, 1.165) is 53.6 Å². The van der Waals surface area contributed by atoms with Crippen LogP contribution in [0.2, 0.25) is 0 Å². The van der Waals surface area contributed by atoms with E-state index in [1.165, 1.54) is 25.6 Å². The third-order valence-electron chi connectivity index (χ3n) is 7.54. The molecule has 0 spiro atoms. The summed E-state index contributed by atoms with van der Waals surface area (Å²) in [5.74, 6) is 2.71. The molecular formula is C24H26N6O2. The zero-order chi connectivity index (χ0) is 21.9. The molecule has 0 radical (unpaired) electrons. The third kappa shape index (κ3) is 3.25. The Morgan fingerprint density at radius 2 is 1.69 bits per heavy atom. The molecule has 0 atom stereocenters. The topological polar surface area (TPSA) is 106 Å². The first kappa shape index (κ1) is 19.4. The summed E-state index contributed by atoms with van der Waals surface area (Å²) in [6.07, 6.45) is 8.58. The highest BCUT2D eigenvalue weighted by molar-refractivity contribution is 5.93. The Hall–Kier alpha value is -3.29. The average Bonchev–Trinajstić information content (AvgIpc) is 2.73. The average molecular weight is 431 g/mol. The van der Waals surface area contributed by atoms with Crippen molar-refractivity contribution in [2.24, 2.45) is 17.8 Å². The maximum atomic E-state index is 12.2. The summed E-state index contributed by atoms with van der Waals surface area (Å²) in [7, 11) is 0. The zero-order valence-corrected chi connectivity index (χ0v) is 18.0. The molecule has 0 saturated heterocycles. The van der Waals surface area contributed by atoms with E-state index in [2.05, 4.69) is 25.6 Å². The number of nitrogens with one attached hydrogen (secondary N) is 2. The number of hydrogen-bond donors (Lipinski definition) is 2. The van der Waals surface area contributed by atoms with Crippen LogP contribution in [-0.4, -0.2) is 25.4 Å². The van der Waals surface area contributed by atoms with E-state index >= 15 is 0 Å². The molecule has 3 aromatic rings. The minimum Gasteiger partial charge on any atom is -0.359 e. The first-order valence-corrected chi connectivity index (χ1v) is 11.4. The first-order valence-electron chi connectivity index (χ1n) is 11.4. The van der Waals surface area contributed by atoms with Crippen LogP contribution in [0.15, 0.2) is 36.7 Å². The molecule has 7 rings (SSSR count). The smallest absolute Gasteiger partial charge is 0.353 e. The van der Waals surface area contributed by atoms with Crippen LogP contribution >= 0.6 is 0 Å². The van der Waals surface area contributed by atoms with Crippen molar-refractivity contribution in [2.75, 3.05) is 10.6 Å². The fourth-order valence-electron chi connectivity index (χ4n) is 6.72. The van der Waals surface area contributed by atoms with E-state index < -0.39 is 0 Å². The molecule has 0 amide bonds. The van der Waals surface area contributed by atoms with Gasteiger partial charge in [0.15, 0.2) is 0 Å². The third-order valence-corrected chi connectivity index (χ3v) is 7.54. The molecule has 164 valence electrons. The summed E-state index contributed by atoms with van der Waals surface area (Å²) in [6, 6.07) is 9.70. The quantitative estimate of drug-likeness (QED) is 0.414. The molecular weight excluding hydrogens is 404 g/mol. The van der Waals surface area contributed by atoms with E-state index in [1.54, 1.807) is 0 Å². The van der Waals surface area contributed by atoms with E-state index in [0.29, 0.717) is 11.5 Å². The Labute approximate surface area is 186 Å². The fraction of sp³-hybridized carbons (Fsp3) is 0.458. The van der Waals surface area contributed by atoms with Crippen molar-refractivity contribution in [3.05, 3.63) is 52.5 Å². The second-order valence-corrected chi connectivity index (χ2v) is 9.95. The molecule has 4 bridgehead atoms. The van der Waals surface area contributed by atoms with Crippen LogP contribution in [0.5, 0.6) is 0 Å². The summed E-state index contributed by atoms with van der Waals surface area (Å²) in [6.45, 7) is 1.93. The van der Waals surface area contributed by atoms with Gasteiger partial charge in [-0.05, 0) is 75.3 Å². The van der Waals surface area contributed by atoms with Crippen LogP contribution in [0.3, 0.4) is 0 Å². The van der Waals surface area contributed by atoms with Gasteiger partial charge >= 0.3 is 5.69 Å². The Morgan fingerprint density at radius 1 is 1.00 bits per heavy atom. The van der Waals surface area contributed by atoms with Crippen LogP contribution in [0, 0.1) is 34.8 Å². The van der Waals surface area contributed by atoms with E-state index in [-0.39, 0.29) is 22.0 Å². The number of hydrogen-bond acceptors (Lipinski definition) is 7. The van der Waals surface area contributed by atoms with Gasteiger partial charge in [-0.25, -0.2) is 9.97 Å². The Bertz CT molecular complexity index is 1190. The number of para-hydroxylation sites is 1. The number of aromatic nitrogens is 3. The molecule has 32 heavy (non-hydrogen) atoms. The maximum Gasteiger partial charge on any atom is 0.353 e. The molecule has 1 aromatic carbocycles. The van der Waals surface area contributed by atoms with Gasteiger partial charge in [-0.1, -0.05) is 18.2 Å². The van der Waals surface area contributed by atoms with Gasteiger partial charge < -0.3 is 10.6 Å². The Kier molecular flexibility index (Phi) is 4.31. The number of aryl methyl sites for hydroxylation is 1. The zero-order valence-electron chi connectivity index (χ0n) is 18.0. The van der Waals surface area contributed by atoms with E-state index in [4.69, 9.17) is 0 Å². The fourth-order valence-corrected chi connectivity index (χ4v) is 6.72. The Balaban J connectivity index is 1.37. The van der Waals surface area contributed by atoms with Crippen molar-refractivity contribution in [1.29, 1.82) is 0 Å². The monoisotopic (exact) mass is 430 g/mol. The number of nitrogens with zero attached hydrogens (tertiary/aromatic N) is 4. The van der Waals surface area contributed by atoms with Crippen molar-refractivity contribution in [3.63, 3.8) is 0 Å². The van der Waals surface area contributed by atoms with Gasteiger partial charge in [-0.3, -0.25) is 15.1 Å². The van der Waals surface area contributed by atoms with Crippen molar-refractivity contribution < 1.29 is 4.92 Å². The lowest BCUT2D eigenvalue weighted by Crippen LogP contribution is -2.55. The summed E-state index contributed by atoms with van der Waals surface area (Å²) >= 11 is 0. The normalized spacial score (nSPS) is 28.1. The number of nitro groups is 1. The lowest BCUT2D eigenvalue weighted by molar-refractivity contribution is -0.383. The second-order valence-electron chi connectivity index (χ2n) is 9.95. The van der Waals surface area contributed by atoms with E-state index in [9.17, 15) is 10.1 Å². The van der Waals surface area contributed by atoms with Gasteiger partial charge in [0.05, 0.1) is 16.1 Å². The maximum absolute atomic E-state index is 12.2. The van der Waals surface area contributed by atoms with Gasteiger partial charge in [0.1, 0.15) is 6.33 Å². The van der Waals surface area contributed by atoms with Gasteiger partial charge in [-0.15, -0.1) is 0 Å². The predicted molar refractivity (Wildman–Crippen MR) is 123 cm³/mol. The molecule has 8 heteroatoms. The number of anilines is 3. The number of benzene rings is 1. The number of fused-ring (bicyclic) bond motifs is 1. The molecule has 2 aromatic heterocycles. The van der Waals surface area contributed by atoms with Crippen LogP contribution in [0.25, 0.3) is 10.9 Å². The molecule has 4 aliphatic rings. The molecule has 4 saturated carbocycles. The van der Waals surface area contributed by atoms with Gasteiger partial charge in [0, 0.05) is 16.6 Å². The highest BCUT2D eigenvalue weighted by Gasteiger charge is 2.51. The minimum atomic E-state index is -0.380. The van der Waals surface area contributed by atoms with Crippen LogP contribution < -0.4 is 10.6 Å². The number of pyridine rings is 1. The molecule has 0 unspecified atom stereocenters. The lowest BCUT2D eigenvalue weighted by Gasteiger charge is -2.57. The highest BCUT2D eigenvalue weighted by Crippen LogP contribution is 2.57. The van der Waals surface area contributed by atoms with Crippen molar-refractivity contribution in [1.82, 2.24) is 15.0 Å². The summed E-state index contributed by atoms with van der Waals surface area (Å²) < 4.78 is 0. The summed E-state index contributed by atoms with van der Waals surface area (Å²) in [5.41, 5.74) is 2.15. The SMILES string of the molecule is Cc1ccc2cccc(Nc3ncnc(NC45CC6CC(CC(C6)C4)C5)c3[N+](=O)[O-])c2n1.